The zero-order valence-corrected chi connectivity index (χ0v) is 10.4. The van der Waals surface area contributed by atoms with Gasteiger partial charge in [-0.3, -0.25) is 0 Å². The van der Waals surface area contributed by atoms with E-state index in [9.17, 15) is 4.79 Å². The van der Waals surface area contributed by atoms with E-state index in [1.54, 1.807) is 0 Å². The molecule has 0 aliphatic carbocycles. The van der Waals surface area contributed by atoms with Crippen LogP contribution in [0.2, 0.25) is 0 Å². The predicted octanol–water partition coefficient (Wildman–Crippen LogP) is 1.34. The summed E-state index contributed by atoms with van der Waals surface area (Å²) in [5.41, 5.74) is 5.45. The fourth-order valence-electron chi connectivity index (χ4n) is 1.40. The first-order chi connectivity index (χ1) is 6.88. The highest BCUT2D eigenvalue weighted by Crippen LogP contribution is 2.17. The Kier molecular flexibility index (Phi) is 4.28. The second kappa shape index (κ2) is 5.07. The molecule has 1 aliphatic rings. The van der Waals surface area contributed by atoms with Gasteiger partial charge < -0.3 is 15.8 Å². The molecule has 1 fully saturated rings. The number of amides is 1. The van der Waals surface area contributed by atoms with E-state index >= 15 is 0 Å². The van der Waals surface area contributed by atoms with Crippen molar-refractivity contribution >= 4 is 17.9 Å². The normalized spacial score (nSPS) is 27.2. The number of hydrogen-bond acceptors (Lipinski definition) is 4. The van der Waals surface area contributed by atoms with Crippen LogP contribution in [0.5, 0.6) is 0 Å². The third kappa shape index (κ3) is 4.75. The highest BCUT2D eigenvalue weighted by Gasteiger charge is 2.25. The first-order valence-corrected chi connectivity index (χ1v) is 6.37. The van der Waals surface area contributed by atoms with Crippen molar-refractivity contribution < 1.29 is 9.53 Å². The number of ether oxygens (including phenoxy) is 1. The molecular formula is C10H20N2O2S. The van der Waals surface area contributed by atoms with Crippen LogP contribution in [0.3, 0.4) is 0 Å². The Bertz CT molecular complexity index is 228. The van der Waals surface area contributed by atoms with Gasteiger partial charge in [0.1, 0.15) is 5.60 Å². The molecule has 0 saturated carbocycles. The number of alkyl carbamates (subject to hydrolysis) is 1. The molecule has 3 N–H and O–H groups in total. The van der Waals surface area contributed by atoms with Crippen molar-refractivity contribution in [2.75, 3.05) is 11.5 Å². The number of nitrogens with one attached hydrogen (secondary N) is 1. The number of hydrogen-bond donors (Lipinski definition) is 2. The van der Waals surface area contributed by atoms with Crippen LogP contribution >= 0.6 is 11.8 Å². The van der Waals surface area contributed by atoms with Crippen molar-refractivity contribution in [2.45, 2.75) is 44.9 Å². The second-order valence-corrected chi connectivity index (χ2v) is 5.93. The molecule has 0 spiro atoms. The van der Waals surface area contributed by atoms with Gasteiger partial charge in [0, 0.05) is 17.8 Å². The van der Waals surface area contributed by atoms with Gasteiger partial charge in [0.15, 0.2) is 0 Å². The molecule has 4 nitrogen and oxygen atoms in total. The molecule has 1 aliphatic heterocycles. The minimum Gasteiger partial charge on any atom is -0.444 e. The number of thioether (sulfide) groups is 1. The van der Waals surface area contributed by atoms with Gasteiger partial charge in [0.2, 0.25) is 0 Å². The fourth-order valence-corrected chi connectivity index (χ4v) is 2.49. The van der Waals surface area contributed by atoms with Gasteiger partial charge in [-0.2, -0.15) is 11.8 Å². The minimum absolute atomic E-state index is 0.0382. The van der Waals surface area contributed by atoms with Crippen molar-refractivity contribution in [3.63, 3.8) is 0 Å². The van der Waals surface area contributed by atoms with E-state index in [-0.39, 0.29) is 18.2 Å². The Morgan fingerprint density at radius 1 is 1.53 bits per heavy atom. The summed E-state index contributed by atoms with van der Waals surface area (Å²) in [6.45, 7) is 5.55. The fraction of sp³-hybridized carbons (Fsp3) is 0.900. The SMILES string of the molecule is CC(C)(C)OC(=O)N[C@@H]1CCSC[C@H]1N. The maximum absolute atomic E-state index is 11.5. The zero-order chi connectivity index (χ0) is 11.5. The van der Waals surface area contributed by atoms with E-state index in [4.69, 9.17) is 10.5 Å². The lowest BCUT2D eigenvalue weighted by Gasteiger charge is -2.30. The lowest BCUT2D eigenvalue weighted by molar-refractivity contribution is 0.0496. The standard InChI is InChI=1S/C10H20N2O2S/c1-10(2,3)14-9(13)12-8-4-5-15-6-7(8)11/h7-8H,4-6,11H2,1-3H3,(H,12,13)/t7-,8-/m1/s1. The molecule has 1 saturated heterocycles. The third-order valence-corrected chi connectivity index (χ3v) is 3.25. The molecule has 1 heterocycles. The highest BCUT2D eigenvalue weighted by atomic mass is 32.2. The highest BCUT2D eigenvalue weighted by molar-refractivity contribution is 7.99. The molecule has 0 bridgehead atoms. The number of nitrogens with two attached hydrogens (primary N) is 1. The van der Waals surface area contributed by atoms with Crippen LogP contribution < -0.4 is 11.1 Å². The topological polar surface area (TPSA) is 64.3 Å². The summed E-state index contributed by atoms with van der Waals surface area (Å²) in [6, 6.07) is 0.0948. The average Bonchev–Trinajstić information content (AvgIpc) is 2.05. The van der Waals surface area contributed by atoms with E-state index in [2.05, 4.69) is 5.32 Å². The van der Waals surface area contributed by atoms with Gasteiger partial charge in [0.25, 0.3) is 0 Å². The summed E-state index contributed by atoms with van der Waals surface area (Å²) in [5.74, 6) is 1.95. The van der Waals surface area contributed by atoms with Crippen LogP contribution in [0.15, 0.2) is 0 Å². The van der Waals surface area contributed by atoms with E-state index in [0.717, 1.165) is 17.9 Å². The van der Waals surface area contributed by atoms with E-state index < -0.39 is 5.60 Å². The molecular weight excluding hydrogens is 212 g/mol. The molecule has 1 rings (SSSR count). The zero-order valence-electron chi connectivity index (χ0n) is 9.58. The Morgan fingerprint density at radius 2 is 2.20 bits per heavy atom. The number of carbonyl (C=O) groups excluding carboxylic acids is 1. The predicted molar refractivity (Wildman–Crippen MR) is 63.1 cm³/mol. The van der Waals surface area contributed by atoms with Crippen molar-refractivity contribution in [2.24, 2.45) is 5.73 Å². The molecule has 0 aromatic carbocycles. The molecule has 5 heteroatoms. The monoisotopic (exact) mass is 232 g/mol. The van der Waals surface area contributed by atoms with Crippen LogP contribution in [0.4, 0.5) is 4.79 Å². The van der Waals surface area contributed by atoms with Gasteiger partial charge in [-0.25, -0.2) is 4.79 Å². The number of rotatable bonds is 1. The third-order valence-electron chi connectivity index (χ3n) is 2.10. The average molecular weight is 232 g/mol. The first kappa shape index (κ1) is 12.6. The summed E-state index contributed by atoms with van der Waals surface area (Å²) in [6.07, 6.45) is 0.556. The summed E-state index contributed by atoms with van der Waals surface area (Å²) in [5, 5.41) is 2.83. The number of carbonyl (C=O) groups is 1. The Morgan fingerprint density at radius 3 is 2.73 bits per heavy atom. The lowest BCUT2D eigenvalue weighted by Crippen LogP contribution is -2.52. The van der Waals surface area contributed by atoms with Crippen LogP contribution in [-0.2, 0) is 4.74 Å². The minimum atomic E-state index is -0.447. The van der Waals surface area contributed by atoms with Crippen LogP contribution in [0, 0.1) is 0 Å². The van der Waals surface area contributed by atoms with Gasteiger partial charge in [-0.1, -0.05) is 0 Å². The van der Waals surface area contributed by atoms with Gasteiger partial charge >= 0.3 is 6.09 Å². The maximum atomic E-state index is 11.5. The van der Waals surface area contributed by atoms with Crippen molar-refractivity contribution in [1.82, 2.24) is 5.32 Å². The van der Waals surface area contributed by atoms with Crippen LogP contribution in [0.1, 0.15) is 27.2 Å². The molecule has 0 aromatic heterocycles. The quantitative estimate of drug-likeness (QED) is 0.716. The summed E-state index contributed by atoms with van der Waals surface area (Å²) in [4.78, 5) is 11.5. The summed E-state index contributed by atoms with van der Waals surface area (Å²) >= 11 is 1.83. The molecule has 0 radical (unpaired) electrons. The van der Waals surface area contributed by atoms with E-state index in [1.165, 1.54) is 0 Å². The Labute approximate surface area is 95.3 Å². The smallest absolute Gasteiger partial charge is 0.407 e. The first-order valence-electron chi connectivity index (χ1n) is 5.21. The van der Waals surface area contributed by atoms with Crippen molar-refractivity contribution in [1.29, 1.82) is 0 Å². The molecule has 0 unspecified atom stereocenters. The summed E-state index contributed by atoms with van der Waals surface area (Å²) in [7, 11) is 0. The van der Waals surface area contributed by atoms with Gasteiger partial charge in [-0.05, 0) is 32.9 Å². The van der Waals surface area contributed by atoms with Crippen molar-refractivity contribution in [3.05, 3.63) is 0 Å². The lowest BCUT2D eigenvalue weighted by atomic mass is 10.1. The van der Waals surface area contributed by atoms with E-state index in [0.29, 0.717) is 0 Å². The summed E-state index contributed by atoms with van der Waals surface area (Å²) < 4.78 is 5.18. The Balaban J connectivity index is 2.36. The molecule has 88 valence electrons. The Hall–Kier alpha value is -0.420. The van der Waals surface area contributed by atoms with Gasteiger partial charge in [-0.15, -0.1) is 0 Å². The van der Waals surface area contributed by atoms with E-state index in [1.807, 2.05) is 32.5 Å². The largest absolute Gasteiger partial charge is 0.444 e. The van der Waals surface area contributed by atoms with Gasteiger partial charge in [0.05, 0.1) is 0 Å². The molecule has 1 amide bonds. The van der Waals surface area contributed by atoms with Crippen LogP contribution in [0.25, 0.3) is 0 Å². The molecule has 0 aromatic rings. The second-order valence-electron chi connectivity index (χ2n) is 4.78. The molecule has 15 heavy (non-hydrogen) atoms. The van der Waals surface area contributed by atoms with Crippen molar-refractivity contribution in [3.8, 4) is 0 Å². The van der Waals surface area contributed by atoms with Crippen LogP contribution in [-0.4, -0.2) is 35.3 Å². The maximum Gasteiger partial charge on any atom is 0.407 e. The molecule has 2 atom stereocenters.